The predicted octanol–water partition coefficient (Wildman–Crippen LogP) is 0.732. The van der Waals surface area contributed by atoms with E-state index in [1.165, 1.54) is 17.9 Å². The molecule has 2 fully saturated rings. The molecule has 154 valence electrons. The Morgan fingerprint density at radius 2 is 2.07 bits per heavy atom. The topological polar surface area (TPSA) is 107 Å². The van der Waals surface area contributed by atoms with Crippen LogP contribution in [-0.2, 0) is 9.53 Å². The lowest BCUT2D eigenvalue weighted by atomic mass is 10.2. The molecule has 1 atom stereocenters. The number of H-pyrrole nitrogens is 1. The van der Waals surface area contributed by atoms with Gasteiger partial charge < -0.3 is 19.9 Å². The molecular formula is C18H22FN7O3. The number of carbonyl (C=O) groups is 2. The molecule has 2 N–H and O–H groups in total. The Labute approximate surface area is 166 Å². The van der Waals surface area contributed by atoms with Crippen molar-refractivity contribution < 1.29 is 18.7 Å². The highest BCUT2D eigenvalue weighted by Gasteiger charge is 2.33. The number of aromatic amines is 1. The summed E-state index contributed by atoms with van der Waals surface area (Å²) >= 11 is 0. The number of hydrogen-bond donors (Lipinski definition) is 2. The summed E-state index contributed by atoms with van der Waals surface area (Å²) in [6.07, 6.45) is 0.660. The maximum absolute atomic E-state index is 14.8. The Kier molecular flexibility index (Phi) is 5.19. The lowest BCUT2D eigenvalue weighted by Gasteiger charge is -2.36. The number of benzene rings is 1. The van der Waals surface area contributed by atoms with Crippen LogP contribution in [0.2, 0.25) is 0 Å². The second-order valence-electron chi connectivity index (χ2n) is 7.00. The van der Waals surface area contributed by atoms with Crippen molar-refractivity contribution in [2.45, 2.75) is 13.0 Å². The number of rotatable bonds is 5. The van der Waals surface area contributed by atoms with E-state index in [4.69, 9.17) is 4.74 Å². The zero-order valence-electron chi connectivity index (χ0n) is 16.0. The molecule has 0 saturated carbocycles. The van der Waals surface area contributed by atoms with Gasteiger partial charge >= 0.3 is 6.09 Å². The van der Waals surface area contributed by atoms with Crippen LogP contribution in [-0.4, -0.2) is 72.8 Å². The summed E-state index contributed by atoms with van der Waals surface area (Å²) < 4.78 is 20.1. The van der Waals surface area contributed by atoms with E-state index in [-0.39, 0.29) is 19.0 Å². The molecule has 2 saturated heterocycles. The highest BCUT2D eigenvalue weighted by Crippen LogP contribution is 2.28. The Bertz CT molecular complexity index is 884. The van der Waals surface area contributed by atoms with Gasteiger partial charge in [0.2, 0.25) is 5.91 Å². The summed E-state index contributed by atoms with van der Waals surface area (Å²) in [5.74, 6) is 0.262. The Morgan fingerprint density at radius 3 is 2.72 bits per heavy atom. The van der Waals surface area contributed by atoms with Gasteiger partial charge in [-0.05, 0) is 18.2 Å². The number of hydrogen-bond acceptors (Lipinski definition) is 7. The van der Waals surface area contributed by atoms with E-state index in [0.29, 0.717) is 37.6 Å². The van der Waals surface area contributed by atoms with E-state index in [1.54, 1.807) is 18.3 Å². The molecule has 11 heteroatoms. The molecule has 29 heavy (non-hydrogen) atoms. The fourth-order valence-electron chi connectivity index (χ4n) is 3.55. The van der Waals surface area contributed by atoms with Crippen molar-refractivity contribution in [3.05, 3.63) is 30.2 Å². The fraction of sp³-hybridized carbons (Fsp3) is 0.444. The average molecular weight is 403 g/mol. The number of piperazine rings is 1. The van der Waals surface area contributed by atoms with Crippen molar-refractivity contribution in [3.8, 4) is 0 Å². The van der Waals surface area contributed by atoms with Crippen LogP contribution in [0.1, 0.15) is 6.92 Å². The van der Waals surface area contributed by atoms with Crippen molar-refractivity contribution in [2.75, 3.05) is 54.0 Å². The molecule has 3 heterocycles. The number of halogens is 1. The molecular weight excluding hydrogens is 381 g/mol. The first-order chi connectivity index (χ1) is 14.0. The van der Waals surface area contributed by atoms with E-state index in [2.05, 4.69) is 25.6 Å². The van der Waals surface area contributed by atoms with Gasteiger partial charge in [-0.25, -0.2) is 14.3 Å². The first kappa shape index (κ1) is 19.0. The van der Waals surface area contributed by atoms with Crippen LogP contribution >= 0.6 is 0 Å². The summed E-state index contributed by atoms with van der Waals surface area (Å²) in [4.78, 5) is 28.6. The third-order valence-electron chi connectivity index (χ3n) is 5.06. The van der Waals surface area contributed by atoms with Gasteiger partial charge in [-0.15, -0.1) is 5.10 Å². The highest BCUT2D eigenvalue weighted by molar-refractivity contribution is 5.90. The van der Waals surface area contributed by atoms with Gasteiger partial charge in [0.05, 0.1) is 30.7 Å². The highest BCUT2D eigenvalue weighted by atomic mass is 19.1. The molecule has 0 aliphatic carbocycles. The molecule has 10 nitrogen and oxygen atoms in total. The largest absolute Gasteiger partial charge is 0.442 e. The number of nitrogens with one attached hydrogen (secondary N) is 2. The standard InChI is InChI=1S/C18H22FN7O3/c1-12(27)20-9-14-11-26(18(28)29-14)13-2-3-16(15(19)8-13)24-4-6-25(7-5-24)17-10-21-23-22-17/h2-3,8,10,14H,4-7,9,11H2,1H3,(H,20,27)(H,21,22,23). The smallest absolute Gasteiger partial charge is 0.414 e. The number of ether oxygens (including phenoxy) is 1. The Hall–Kier alpha value is -3.37. The summed E-state index contributed by atoms with van der Waals surface area (Å²) in [5, 5.41) is 13.0. The Morgan fingerprint density at radius 1 is 1.31 bits per heavy atom. The number of amides is 2. The first-order valence-electron chi connectivity index (χ1n) is 9.39. The molecule has 1 aromatic heterocycles. The molecule has 0 spiro atoms. The van der Waals surface area contributed by atoms with Crippen LogP contribution in [0, 0.1) is 5.82 Å². The van der Waals surface area contributed by atoms with Gasteiger partial charge in [-0.1, -0.05) is 5.21 Å². The zero-order valence-corrected chi connectivity index (χ0v) is 16.0. The zero-order chi connectivity index (χ0) is 20.4. The second kappa shape index (κ2) is 7.94. The van der Waals surface area contributed by atoms with Gasteiger partial charge in [0.1, 0.15) is 17.7 Å². The summed E-state index contributed by atoms with van der Waals surface area (Å²) in [6, 6.07) is 4.75. The molecule has 1 unspecified atom stereocenters. The average Bonchev–Trinajstić information content (AvgIpc) is 3.36. The van der Waals surface area contributed by atoms with Crippen molar-refractivity contribution in [2.24, 2.45) is 0 Å². The van der Waals surface area contributed by atoms with E-state index in [9.17, 15) is 14.0 Å². The van der Waals surface area contributed by atoms with Gasteiger partial charge in [0.15, 0.2) is 0 Å². The lowest BCUT2D eigenvalue weighted by Crippen LogP contribution is -2.47. The molecule has 1 aromatic carbocycles. The van der Waals surface area contributed by atoms with Crippen LogP contribution in [0.3, 0.4) is 0 Å². The van der Waals surface area contributed by atoms with Crippen molar-refractivity contribution in [1.82, 2.24) is 20.7 Å². The third kappa shape index (κ3) is 4.08. The monoisotopic (exact) mass is 403 g/mol. The van der Waals surface area contributed by atoms with Crippen molar-refractivity contribution in [3.63, 3.8) is 0 Å². The van der Waals surface area contributed by atoms with Gasteiger partial charge in [-0.2, -0.15) is 0 Å². The van der Waals surface area contributed by atoms with Crippen LogP contribution in [0.4, 0.5) is 26.4 Å². The van der Waals surface area contributed by atoms with E-state index >= 15 is 0 Å². The minimum atomic E-state index is -0.547. The molecule has 2 aliphatic heterocycles. The molecule has 2 amide bonds. The quantitative estimate of drug-likeness (QED) is 0.758. The Balaban J connectivity index is 1.39. The van der Waals surface area contributed by atoms with Crippen LogP contribution < -0.4 is 20.0 Å². The van der Waals surface area contributed by atoms with E-state index < -0.39 is 18.0 Å². The fourth-order valence-corrected chi connectivity index (χ4v) is 3.55. The van der Waals surface area contributed by atoms with Crippen molar-refractivity contribution >= 4 is 29.2 Å². The molecule has 2 aliphatic rings. The first-order valence-corrected chi connectivity index (χ1v) is 9.39. The second-order valence-corrected chi connectivity index (χ2v) is 7.00. The van der Waals surface area contributed by atoms with Gasteiger partial charge in [-0.3, -0.25) is 9.69 Å². The molecule has 2 aromatic rings. The maximum Gasteiger partial charge on any atom is 0.414 e. The summed E-state index contributed by atoms with van der Waals surface area (Å²) in [6.45, 7) is 4.62. The molecule has 0 radical (unpaired) electrons. The molecule has 0 bridgehead atoms. The lowest BCUT2D eigenvalue weighted by molar-refractivity contribution is -0.119. The number of aromatic nitrogens is 3. The van der Waals surface area contributed by atoms with Crippen molar-refractivity contribution in [1.29, 1.82) is 0 Å². The summed E-state index contributed by atoms with van der Waals surface area (Å²) in [5.41, 5.74) is 0.933. The SMILES string of the molecule is CC(=O)NCC1CN(c2ccc(N3CCN(c4cnn[nH]4)CC3)c(F)c2)C(=O)O1. The van der Waals surface area contributed by atoms with Gasteiger partial charge in [0.25, 0.3) is 0 Å². The van der Waals surface area contributed by atoms with Gasteiger partial charge in [0, 0.05) is 33.1 Å². The number of nitrogens with zero attached hydrogens (tertiary/aromatic N) is 5. The minimum Gasteiger partial charge on any atom is -0.442 e. The number of carbonyl (C=O) groups excluding carboxylic acids is 2. The molecule has 4 rings (SSSR count). The number of cyclic esters (lactones) is 1. The third-order valence-corrected chi connectivity index (χ3v) is 5.06. The predicted molar refractivity (Wildman–Crippen MR) is 104 cm³/mol. The summed E-state index contributed by atoms with van der Waals surface area (Å²) in [7, 11) is 0. The van der Waals surface area contributed by atoms with E-state index in [1.807, 2.05) is 4.90 Å². The van der Waals surface area contributed by atoms with E-state index in [0.717, 1.165) is 5.82 Å². The van der Waals surface area contributed by atoms with Crippen LogP contribution in [0.25, 0.3) is 0 Å². The van der Waals surface area contributed by atoms with Crippen LogP contribution in [0.15, 0.2) is 24.4 Å². The minimum absolute atomic E-state index is 0.196. The maximum atomic E-state index is 14.8. The van der Waals surface area contributed by atoms with Crippen LogP contribution in [0.5, 0.6) is 0 Å². The number of anilines is 3. The normalized spacial score (nSPS) is 19.4.